The van der Waals surface area contributed by atoms with Gasteiger partial charge in [0.2, 0.25) is 5.91 Å². The number of hydrogen-bond donors (Lipinski definition) is 0. The van der Waals surface area contributed by atoms with E-state index in [2.05, 4.69) is 9.97 Å². The largest absolute Gasteiger partial charge is 0.465 e. The number of benzene rings is 1. The fraction of sp³-hybridized carbons (Fsp3) is 0.174. The van der Waals surface area contributed by atoms with E-state index in [1.165, 1.54) is 18.4 Å². The number of thioether (sulfide) groups is 1. The molecular formula is C23H20N4O4S2. The number of anilines is 1. The molecule has 1 aromatic carbocycles. The third-order valence-electron chi connectivity index (χ3n) is 5.04. The molecular weight excluding hydrogens is 460 g/mol. The van der Waals surface area contributed by atoms with Crippen LogP contribution in [0.2, 0.25) is 0 Å². The van der Waals surface area contributed by atoms with E-state index < -0.39 is 11.5 Å². The lowest BCUT2D eigenvalue weighted by Gasteiger charge is -2.17. The highest BCUT2D eigenvalue weighted by Crippen LogP contribution is 2.28. The van der Waals surface area contributed by atoms with Crippen molar-refractivity contribution in [2.24, 2.45) is 7.05 Å². The molecule has 0 aliphatic rings. The Labute approximate surface area is 197 Å². The fourth-order valence-electron chi connectivity index (χ4n) is 3.26. The maximum absolute atomic E-state index is 12.9. The second-order valence-electron chi connectivity index (χ2n) is 7.06. The number of fused-ring (bicyclic) bond motifs is 1. The zero-order chi connectivity index (χ0) is 23.5. The van der Waals surface area contributed by atoms with Crippen LogP contribution in [0.25, 0.3) is 21.6 Å². The number of rotatable bonds is 6. The quantitative estimate of drug-likeness (QED) is 0.236. The number of nitrogens with zero attached hydrogens (tertiary/aromatic N) is 4. The third-order valence-corrected chi connectivity index (χ3v) is 6.94. The predicted octanol–water partition coefficient (Wildman–Crippen LogP) is 3.60. The average Bonchev–Trinajstić information content (AvgIpc) is 3.39. The maximum Gasteiger partial charge on any atom is 0.338 e. The van der Waals surface area contributed by atoms with E-state index in [1.807, 2.05) is 47.8 Å². The van der Waals surface area contributed by atoms with Gasteiger partial charge in [0.15, 0.2) is 5.16 Å². The molecule has 3 heterocycles. The topological polar surface area (TPSA) is 94.4 Å². The van der Waals surface area contributed by atoms with Crippen LogP contribution in [0.15, 0.2) is 63.9 Å². The van der Waals surface area contributed by atoms with Gasteiger partial charge < -0.3 is 14.2 Å². The first kappa shape index (κ1) is 22.7. The Morgan fingerprint density at radius 2 is 1.91 bits per heavy atom. The van der Waals surface area contributed by atoms with Gasteiger partial charge in [-0.15, -0.1) is 11.3 Å². The summed E-state index contributed by atoms with van der Waals surface area (Å²) in [5.74, 6) is -0.707. The van der Waals surface area contributed by atoms with Gasteiger partial charge in [0.25, 0.3) is 5.56 Å². The molecule has 4 rings (SSSR count). The maximum atomic E-state index is 12.9. The van der Waals surface area contributed by atoms with Gasteiger partial charge in [-0.2, -0.15) is 4.98 Å². The number of carbonyl (C=O) groups is 2. The summed E-state index contributed by atoms with van der Waals surface area (Å²) in [5.41, 5.74) is 1.13. The normalized spacial score (nSPS) is 10.9. The van der Waals surface area contributed by atoms with Crippen molar-refractivity contribution in [3.8, 4) is 10.6 Å². The van der Waals surface area contributed by atoms with Gasteiger partial charge in [-0.3, -0.25) is 9.59 Å². The Morgan fingerprint density at radius 3 is 2.58 bits per heavy atom. The van der Waals surface area contributed by atoms with Crippen LogP contribution in [0.3, 0.4) is 0 Å². The summed E-state index contributed by atoms with van der Waals surface area (Å²) in [6, 6.07) is 14.6. The van der Waals surface area contributed by atoms with E-state index in [0.29, 0.717) is 16.5 Å². The van der Waals surface area contributed by atoms with Gasteiger partial charge >= 0.3 is 5.97 Å². The van der Waals surface area contributed by atoms with Crippen molar-refractivity contribution in [3.05, 3.63) is 69.8 Å². The first-order valence-electron chi connectivity index (χ1n) is 9.89. The SMILES string of the molecule is COC(=O)c1cc(-c2cccs2)nc2c1c(=O)nc(SCC(=O)N(C)c1ccccc1)n2C. The molecule has 0 saturated heterocycles. The number of amides is 1. The zero-order valence-electron chi connectivity index (χ0n) is 18.1. The van der Waals surface area contributed by atoms with Crippen molar-refractivity contribution in [3.63, 3.8) is 0 Å². The minimum absolute atomic E-state index is 0.0751. The van der Waals surface area contributed by atoms with E-state index in [4.69, 9.17) is 4.74 Å². The smallest absolute Gasteiger partial charge is 0.338 e. The van der Waals surface area contributed by atoms with E-state index in [9.17, 15) is 14.4 Å². The van der Waals surface area contributed by atoms with Crippen LogP contribution in [0, 0.1) is 0 Å². The van der Waals surface area contributed by atoms with Crippen LogP contribution < -0.4 is 10.5 Å². The number of thiophene rings is 1. The van der Waals surface area contributed by atoms with Crippen molar-refractivity contribution >= 4 is 51.7 Å². The molecule has 1 amide bonds. The lowest BCUT2D eigenvalue weighted by Crippen LogP contribution is -2.28. The standard InChI is InChI=1S/C23H20N4O4S2/c1-26(14-8-5-4-6-9-14)18(28)13-33-23-25-21(29)19-15(22(30)31-3)12-16(17-10-7-11-32-17)24-20(19)27(23)2/h4-12H,13H2,1-3H3. The first-order chi connectivity index (χ1) is 15.9. The van der Waals surface area contributed by atoms with E-state index in [-0.39, 0.29) is 22.6 Å². The highest BCUT2D eigenvalue weighted by Gasteiger charge is 2.22. The molecule has 8 nitrogen and oxygen atoms in total. The Bertz CT molecular complexity index is 1390. The lowest BCUT2D eigenvalue weighted by molar-refractivity contribution is -0.115. The molecule has 0 fully saturated rings. The van der Waals surface area contributed by atoms with Gasteiger partial charge in [0.1, 0.15) is 5.65 Å². The Hall–Kier alpha value is -3.50. The molecule has 0 saturated carbocycles. The number of aryl methyl sites for hydroxylation is 1. The number of esters is 1. The van der Waals surface area contributed by atoms with Crippen molar-refractivity contribution in [2.75, 3.05) is 24.8 Å². The molecule has 0 spiro atoms. The first-order valence-corrected chi connectivity index (χ1v) is 11.8. The highest BCUT2D eigenvalue weighted by atomic mass is 32.2. The van der Waals surface area contributed by atoms with Gasteiger partial charge in [-0.25, -0.2) is 9.78 Å². The number of para-hydroxylation sites is 1. The minimum Gasteiger partial charge on any atom is -0.465 e. The monoisotopic (exact) mass is 480 g/mol. The molecule has 0 N–H and O–H groups in total. The Kier molecular flexibility index (Phi) is 6.57. The van der Waals surface area contributed by atoms with Crippen molar-refractivity contribution < 1.29 is 14.3 Å². The van der Waals surface area contributed by atoms with Crippen molar-refractivity contribution in [2.45, 2.75) is 5.16 Å². The van der Waals surface area contributed by atoms with Gasteiger partial charge in [-0.1, -0.05) is 36.0 Å². The van der Waals surface area contributed by atoms with Crippen molar-refractivity contribution in [1.29, 1.82) is 0 Å². The average molecular weight is 481 g/mol. The molecule has 0 bridgehead atoms. The van der Waals surface area contributed by atoms with Crippen LogP contribution in [-0.2, 0) is 16.6 Å². The molecule has 0 atom stereocenters. The van der Waals surface area contributed by atoms with E-state index >= 15 is 0 Å². The molecule has 0 unspecified atom stereocenters. The number of hydrogen-bond acceptors (Lipinski definition) is 8. The molecule has 0 aliphatic heterocycles. The number of pyridine rings is 1. The molecule has 0 radical (unpaired) electrons. The summed E-state index contributed by atoms with van der Waals surface area (Å²) in [7, 11) is 4.66. The second kappa shape index (κ2) is 9.55. The molecule has 3 aromatic heterocycles. The highest BCUT2D eigenvalue weighted by molar-refractivity contribution is 7.99. The van der Waals surface area contributed by atoms with Gasteiger partial charge in [0.05, 0.1) is 34.4 Å². The number of ether oxygens (including phenoxy) is 1. The Balaban J connectivity index is 1.73. The summed E-state index contributed by atoms with van der Waals surface area (Å²) in [5, 5.41) is 2.32. The second-order valence-corrected chi connectivity index (χ2v) is 8.95. The molecule has 0 aliphatic carbocycles. The summed E-state index contributed by atoms with van der Waals surface area (Å²) in [4.78, 5) is 49.2. The Morgan fingerprint density at radius 1 is 1.15 bits per heavy atom. The predicted molar refractivity (Wildman–Crippen MR) is 130 cm³/mol. The van der Waals surface area contributed by atoms with Crippen LogP contribution in [0.1, 0.15) is 10.4 Å². The molecule has 10 heteroatoms. The number of carbonyl (C=O) groups excluding carboxylic acids is 2. The van der Waals surface area contributed by atoms with Gasteiger partial charge in [-0.05, 0) is 29.6 Å². The summed E-state index contributed by atoms with van der Waals surface area (Å²) >= 11 is 2.61. The summed E-state index contributed by atoms with van der Waals surface area (Å²) in [6.07, 6.45) is 0. The van der Waals surface area contributed by atoms with Crippen LogP contribution >= 0.6 is 23.1 Å². The van der Waals surface area contributed by atoms with Crippen LogP contribution in [0.5, 0.6) is 0 Å². The summed E-state index contributed by atoms with van der Waals surface area (Å²) in [6.45, 7) is 0. The zero-order valence-corrected chi connectivity index (χ0v) is 19.8. The minimum atomic E-state index is -0.640. The number of aromatic nitrogens is 3. The molecule has 168 valence electrons. The lowest BCUT2D eigenvalue weighted by atomic mass is 10.1. The number of methoxy groups -OCH3 is 1. The molecule has 4 aromatic rings. The summed E-state index contributed by atoms with van der Waals surface area (Å²) < 4.78 is 6.52. The van der Waals surface area contributed by atoms with Gasteiger partial charge in [0, 0.05) is 19.8 Å². The van der Waals surface area contributed by atoms with Crippen LogP contribution in [-0.4, -0.2) is 46.3 Å². The van der Waals surface area contributed by atoms with Crippen LogP contribution in [0.4, 0.5) is 5.69 Å². The third kappa shape index (κ3) is 4.53. The van der Waals surface area contributed by atoms with E-state index in [0.717, 1.165) is 22.3 Å². The van der Waals surface area contributed by atoms with E-state index in [1.54, 1.807) is 29.6 Å². The van der Waals surface area contributed by atoms with Crippen molar-refractivity contribution in [1.82, 2.24) is 14.5 Å². The fourth-order valence-corrected chi connectivity index (χ4v) is 4.82. The molecule has 33 heavy (non-hydrogen) atoms.